The van der Waals surface area contributed by atoms with Crippen molar-refractivity contribution in [2.75, 3.05) is 6.54 Å². The van der Waals surface area contributed by atoms with Crippen molar-refractivity contribution in [3.8, 4) is 0 Å². The molecule has 4 heteroatoms. The van der Waals surface area contributed by atoms with Crippen molar-refractivity contribution in [3.05, 3.63) is 0 Å². The maximum absolute atomic E-state index is 11.4. The molecule has 4 nitrogen and oxygen atoms in total. The summed E-state index contributed by atoms with van der Waals surface area (Å²) in [6.45, 7) is 2.24. The number of hydrogen-bond acceptors (Lipinski definition) is 2. The molecule has 0 bridgehead atoms. The summed E-state index contributed by atoms with van der Waals surface area (Å²) in [7, 11) is 0. The van der Waals surface area contributed by atoms with Crippen LogP contribution in [0.4, 0.5) is 0 Å². The van der Waals surface area contributed by atoms with Crippen molar-refractivity contribution in [2.45, 2.75) is 32.6 Å². The lowest BCUT2D eigenvalue weighted by atomic mass is 10.0. The first-order valence-electron chi connectivity index (χ1n) is 4.61. The van der Waals surface area contributed by atoms with E-state index in [0.29, 0.717) is 0 Å². The van der Waals surface area contributed by atoms with Gasteiger partial charge in [-0.2, -0.15) is 0 Å². The molecule has 0 spiro atoms. The number of carbonyl (C=O) groups excluding carboxylic acids is 1. The molecule has 1 aliphatic carbocycles. The topological polar surface area (TPSA) is 66.4 Å². The van der Waals surface area contributed by atoms with Gasteiger partial charge in [0.2, 0.25) is 5.91 Å². The summed E-state index contributed by atoms with van der Waals surface area (Å²) in [6, 6.07) is 0. The number of carbonyl (C=O) groups is 2. The highest BCUT2D eigenvalue weighted by Gasteiger charge is 2.47. The van der Waals surface area contributed by atoms with Crippen LogP contribution in [0.2, 0.25) is 0 Å². The quantitative estimate of drug-likeness (QED) is 0.664. The van der Waals surface area contributed by atoms with Crippen molar-refractivity contribution < 1.29 is 14.7 Å². The Morgan fingerprint density at radius 2 is 2.08 bits per heavy atom. The van der Waals surface area contributed by atoms with Crippen LogP contribution >= 0.6 is 0 Å². The molecule has 1 fully saturated rings. The van der Waals surface area contributed by atoms with E-state index >= 15 is 0 Å². The van der Waals surface area contributed by atoms with Crippen LogP contribution in [0, 0.1) is 5.41 Å². The molecule has 0 aromatic rings. The normalized spacial score (nSPS) is 17.9. The van der Waals surface area contributed by atoms with Gasteiger partial charge < -0.3 is 10.4 Å². The van der Waals surface area contributed by atoms with Crippen molar-refractivity contribution in [2.24, 2.45) is 5.41 Å². The first-order valence-corrected chi connectivity index (χ1v) is 4.61. The molecule has 0 radical (unpaired) electrons. The fourth-order valence-electron chi connectivity index (χ4n) is 1.36. The van der Waals surface area contributed by atoms with Crippen molar-refractivity contribution >= 4 is 11.9 Å². The Labute approximate surface area is 77.3 Å². The second kappa shape index (κ2) is 3.77. The monoisotopic (exact) mass is 185 g/mol. The number of hydrogen-bond donors (Lipinski definition) is 2. The summed E-state index contributed by atoms with van der Waals surface area (Å²) in [6.07, 6.45) is 2.75. The van der Waals surface area contributed by atoms with E-state index in [1.807, 2.05) is 6.92 Å². The number of carboxylic acid groups (broad SMARTS) is 1. The molecule has 0 aromatic carbocycles. The molecule has 2 N–H and O–H groups in total. The van der Waals surface area contributed by atoms with Gasteiger partial charge in [-0.25, -0.2) is 0 Å². The molecule has 0 aromatic heterocycles. The van der Waals surface area contributed by atoms with Crippen LogP contribution in [-0.4, -0.2) is 23.5 Å². The van der Waals surface area contributed by atoms with Crippen molar-refractivity contribution in [3.63, 3.8) is 0 Å². The minimum absolute atomic E-state index is 0.00549. The highest BCUT2D eigenvalue weighted by molar-refractivity contribution is 5.85. The van der Waals surface area contributed by atoms with Gasteiger partial charge in [0.05, 0.1) is 6.42 Å². The Morgan fingerprint density at radius 3 is 2.46 bits per heavy atom. The van der Waals surface area contributed by atoms with E-state index < -0.39 is 5.97 Å². The lowest BCUT2D eigenvalue weighted by molar-refractivity contribution is -0.137. The van der Waals surface area contributed by atoms with Crippen molar-refractivity contribution in [1.82, 2.24) is 5.32 Å². The Bertz CT molecular complexity index is 221. The molecule has 1 aliphatic rings. The largest absolute Gasteiger partial charge is 0.481 e. The molecular formula is C9H15NO3. The maximum Gasteiger partial charge on any atom is 0.305 e. The zero-order valence-electron chi connectivity index (χ0n) is 7.80. The Morgan fingerprint density at radius 1 is 1.46 bits per heavy atom. The number of nitrogens with one attached hydrogen (secondary N) is 1. The Kier molecular flexibility index (Phi) is 2.90. The molecule has 0 unspecified atom stereocenters. The molecule has 0 saturated heterocycles. The SMILES string of the molecule is CCC1(C(=O)NCCC(=O)O)CC1. The number of carboxylic acids is 1. The van der Waals surface area contributed by atoms with Gasteiger partial charge in [0.15, 0.2) is 0 Å². The average Bonchev–Trinajstić information content (AvgIpc) is 2.83. The third-order valence-corrected chi connectivity index (χ3v) is 2.64. The van der Waals surface area contributed by atoms with Gasteiger partial charge in [-0.15, -0.1) is 0 Å². The summed E-state index contributed by atoms with van der Waals surface area (Å²) in [5.74, 6) is -0.849. The number of aliphatic carboxylic acids is 1. The van der Waals surface area contributed by atoms with Gasteiger partial charge in [-0.05, 0) is 19.3 Å². The predicted molar refractivity (Wildman–Crippen MR) is 47.2 cm³/mol. The fraction of sp³-hybridized carbons (Fsp3) is 0.778. The first-order chi connectivity index (χ1) is 6.10. The van der Waals surface area contributed by atoms with Crippen LogP contribution < -0.4 is 5.32 Å². The number of amides is 1. The molecule has 0 aliphatic heterocycles. The van der Waals surface area contributed by atoms with E-state index in [2.05, 4.69) is 5.32 Å². The summed E-state index contributed by atoms with van der Waals surface area (Å²) in [5.41, 5.74) is -0.154. The van der Waals surface area contributed by atoms with Crippen LogP contribution in [0.15, 0.2) is 0 Å². The van der Waals surface area contributed by atoms with Gasteiger partial charge in [0.1, 0.15) is 0 Å². The molecule has 1 rings (SSSR count). The lowest BCUT2D eigenvalue weighted by Crippen LogP contribution is -2.33. The summed E-state index contributed by atoms with van der Waals surface area (Å²) < 4.78 is 0. The molecule has 13 heavy (non-hydrogen) atoms. The standard InChI is InChI=1S/C9H15NO3/c1-2-9(4-5-9)8(13)10-6-3-7(11)12/h2-6H2,1H3,(H,10,13)(H,11,12). The van der Waals surface area contributed by atoms with Crippen molar-refractivity contribution in [1.29, 1.82) is 0 Å². The third-order valence-electron chi connectivity index (χ3n) is 2.64. The lowest BCUT2D eigenvalue weighted by Gasteiger charge is -2.11. The summed E-state index contributed by atoms with van der Waals surface area (Å²) >= 11 is 0. The van der Waals surface area contributed by atoms with Gasteiger partial charge in [-0.3, -0.25) is 9.59 Å². The predicted octanol–water partition coefficient (Wildman–Crippen LogP) is 0.767. The zero-order valence-corrected chi connectivity index (χ0v) is 7.80. The van der Waals surface area contributed by atoms with Gasteiger partial charge in [0.25, 0.3) is 0 Å². The van der Waals surface area contributed by atoms with Gasteiger partial charge in [-0.1, -0.05) is 6.92 Å². The van der Waals surface area contributed by atoms with Crippen LogP contribution in [0.3, 0.4) is 0 Å². The van der Waals surface area contributed by atoms with E-state index in [-0.39, 0.29) is 24.3 Å². The number of rotatable bonds is 5. The van der Waals surface area contributed by atoms with Crippen LogP contribution in [0.5, 0.6) is 0 Å². The highest BCUT2D eigenvalue weighted by Crippen LogP contribution is 2.48. The molecule has 1 amide bonds. The zero-order chi connectivity index (χ0) is 9.90. The fourth-order valence-corrected chi connectivity index (χ4v) is 1.36. The molecule has 1 saturated carbocycles. The van der Waals surface area contributed by atoms with Crippen LogP contribution in [-0.2, 0) is 9.59 Å². The molecule has 74 valence electrons. The van der Waals surface area contributed by atoms with Gasteiger partial charge in [0, 0.05) is 12.0 Å². The Balaban J connectivity index is 2.22. The Hall–Kier alpha value is -1.06. The van der Waals surface area contributed by atoms with Gasteiger partial charge >= 0.3 is 5.97 Å². The van der Waals surface area contributed by atoms with Crippen LogP contribution in [0.25, 0.3) is 0 Å². The maximum atomic E-state index is 11.4. The first kappa shape index (κ1) is 10.0. The van der Waals surface area contributed by atoms with Crippen LogP contribution in [0.1, 0.15) is 32.6 Å². The minimum atomic E-state index is -0.873. The second-order valence-corrected chi connectivity index (χ2v) is 3.53. The smallest absolute Gasteiger partial charge is 0.305 e. The molecule has 0 atom stereocenters. The highest BCUT2D eigenvalue weighted by atomic mass is 16.4. The van der Waals surface area contributed by atoms with E-state index in [9.17, 15) is 9.59 Å². The summed E-state index contributed by atoms with van der Waals surface area (Å²) in [4.78, 5) is 21.6. The van der Waals surface area contributed by atoms with E-state index in [1.165, 1.54) is 0 Å². The molecular weight excluding hydrogens is 170 g/mol. The second-order valence-electron chi connectivity index (χ2n) is 3.53. The third kappa shape index (κ3) is 2.44. The average molecular weight is 185 g/mol. The summed E-state index contributed by atoms with van der Waals surface area (Å²) in [5, 5.41) is 11.0. The van der Waals surface area contributed by atoms with E-state index in [4.69, 9.17) is 5.11 Å². The van der Waals surface area contributed by atoms with E-state index in [0.717, 1.165) is 19.3 Å². The molecule has 0 heterocycles. The van der Waals surface area contributed by atoms with E-state index in [1.54, 1.807) is 0 Å². The minimum Gasteiger partial charge on any atom is -0.481 e.